The number of anilines is 2. The summed E-state index contributed by atoms with van der Waals surface area (Å²) >= 11 is 12.7. The second-order valence-corrected chi connectivity index (χ2v) is 11.6. The molecule has 0 saturated carbocycles. The van der Waals surface area contributed by atoms with Gasteiger partial charge in [0.15, 0.2) is 11.2 Å². The maximum Gasteiger partial charge on any atom is 0.280 e. The van der Waals surface area contributed by atoms with Crippen molar-refractivity contribution in [1.29, 1.82) is 0 Å². The summed E-state index contributed by atoms with van der Waals surface area (Å²) in [5.74, 6) is 0.388. The third-order valence-corrected chi connectivity index (χ3v) is 7.83. The Kier molecular flexibility index (Phi) is 6.66. The molecule has 6 rings (SSSR count). The summed E-state index contributed by atoms with van der Waals surface area (Å²) in [6.07, 6.45) is 3.02. The number of ether oxygens (including phenoxy) is 2. The highest BCUT2D eigenvalue weighted by Gasteiger charge is 2.64. The fourth-order valence-electron chi connectivity index (χ4n) is 5.79. The van der Waals surface area contributed by atoms with Crippen molar-refractivity contribution in [2.45, 2.75) is 52.3 Å². The van der Waals surface area contributed by atoms with Crippen LogP contribution in [0.3, 0.4) is 0 Å². The molecule has 0 aliphatic carbocycles. The summed E-state index contributed by atoms with van der Waals surface area (Å²) in [5.41, 5.74) is 1.44. The second-order valence-electron chi connectivity index (χ2n) is 10.7. The van der Waals surface area contributed by atoms with Crippen LogP contribution in [0.2, 0.25) is 10.0 Å². The first-order chi connectivity index (χ1) is 20.0. The summed E-state index contributed by atoms with van der Waals surface area (Å²) in [4.78, 5) is 44.0. The molecule has 12 heteroatoms. The van der Waals surface area contributed by atoms with Gasteiger partial charge in [0.05, 0.1) is 40.9 Å². The Morgan fingerprint density at radius 1 is 1.00 bits per heavy atom. The Morgan fingerprint density at radius 2 is 1.76 bits per heavy atom. The summed E-state index contributed by atoms with van der Waals surface area (Å²) in [5, 5.41) is 3.73. The highest BCUT2D eigenvalue weighted by atomic mass is 35.5. The number of pyridine rings is 2. The van der Waals surface area contributed by atoms with Gasteiger partial charge in [0.1, 0.15) is 11.6 Å². The number of nitrogens with one attached hydrogen (secondary N) is 1. The predicted octanol–water partition coefficient (Wildman–Crippen LogP) is 6.19. The lowest BCUT2D eigenvalue weighted by molar-refractivity contribution is -0.119. The molecule has 5 heterocycles. The van der Waals surface area contributed by atoms with Crippen molar-refractivity contribution in [2.75, 3.05) is 17.3 Å². The molecular weight excluding hydrogens is 579 g/mol. The number of hydrogen-bond acceptors (Lipinski definition) is 7. The molecule has 1 spiro atoms. The number of aromatic nitrogens is 4. The Bertz CT molecular complexity index is 1790. The lowest BCUT2D eigenvalue weighted by Gasteiger charge is -2.36. The number of benzene rings is 1. The van der Waals surface area contributed by atoms with E-state index in [1.165, 1.54) is 11.1 Å². The van der Waals surface area contributed by atoms with E-state index in [0.717, 1.165) is 0 Å². The molecule has 4 aromatic rings. The normalized spacial score (nSPS) is 17.3. The monoisotopic (exact) mass is 606 g/mol. The van der Waals surface area contributed by atoms with Gasteiger partial charge in [-0.3, -0.25) is 19.5 Å². The van der Waals surface area contributed by atoms with Gasteiger partial charge in [-0.1, -0.05) is 29.3 Å². The van der Waals surface area contributed by atoms with Crippen LogP contribution in [0.15, 0.2) is 42.7 Å². The number of carbonyl (C=O) groups is 2. The largest absolute Gasteiger partial charge is 0.496 e. The highest BCUT2D eigenvalue weighted by Crippen LogP contribution is 2.55. The van der Waals surface area contributed by atoms with Crippen LogP contribution in [-0.4, -0.2) is 44.5 Å². The van der Waals surface area contributed by atoms with E-state index in [-0.39, 0.29) is 17.8 Å². The van der Waals surface area contributed by atoms with Crippen LogP contribution < -0.4 is 19.7 Å². The number of halogens is 2. The standard InChI is InChI=1S/C30H28Cl2N6O4/c1-14(2)37-26-25(36-27(37)19-13-34-24(42-15(3)4)11-23(19)41-6)28(39)38(22-10-18(32)12-33-16(22)5)30(26)20-8-7-17(31)9-21(20)35-29(30)40/h7-15H,1-6H3,(H,35,40)/t30-/m1/s1. The number of nitrogens with zero attached hydrogens (tertiary/aromatic N) is 5. The maximum absolute atomic E-state index is 14.5. The van der Waals surface area contributed by atoms with Gasteiger partial charge in [-0.2, -0.15) is 0 Å². The van der Waals surface area contributed by atoms with Gasteiger partial charge < -0.3 is 19.4 Å². The molecule has 0 bridgehead atoms. The number of rotatable bonds is 6. The van der Waals surface area contributed by atoms with Crippen molar-refractivity contribution in [1.82, 2.24) is 19.5 Å². The number of amides is 2. The minimum absolute atomic E-state index is 0.0862. The van der Waals surface area contributed by atoms with Crippen molar-refractivity contribution >= 4 is 46.4 Å². The SMILES string of the molecule is COc1cc(OC(C)C)ncc1-c1nc2c(n1C(C)C)[C@]1(C(=O)Nc3cc(Cl)ccc31)N(c1cc(Cl)cnc1C)C2=O. The zero-order chi connectivity index (χ0) is 30.1. The quantitative estimate of drug-likeness (QED) is 0.278. The molecule has 216 valence electrons. The zero-order valence-electron chi connectivity index (χ0n) is 23.8. The molecule has 0 radical (unpaired) electrons. The van der Waals surface area contributed by atoms with Crippen LogP contribution in [0, 0.1) is 6.92 Å². The van der Waals surface area contributed by atoms with Crippen LogP contribution in [0.25, 0.3) is 11.4 Å². The average Bonchev–Trinajstić information content (AvgIpc) is 3.53. The molecule has 1 aromatic carbocycles. The highest BCUT2D eigenvalue weighted by molar-refractivity contribution is 6.32. The molecule has 2 amide bonds. The fourth-order valence-corrected chi connectivity index (χ4v) is 6.11. The van der Waals surface area contributed by atoms with Gasteiger partial charge in [-0.05, 0) is 52.8 Å². The van der Waals surface area contributed by atoms with Crippen molar-refractivity contribution in [2.24, 2.45) is 0 Å². The van der Waals surface area contributed by atoms with E-state index in [0.29, 0.717) is 61.4 Å². The van der Waals surface area contributed by atoms with Gasteiger partial charge in [0.25, 0.3) is 11.8 Å². The lowest BCUT2D eigenvalue weighted by atomic mass is 9.87. The fraction of sp³-hybridized carbons (Fsp3) is 0.300. The van der Waals surface area contributed by atoms with Crippen LogP contribution in [0.5, 0.6) is 11.6 Å². The van der Waals surface area contributed by atoms with Gasteiger partial charge >= 0.3 is 0 Å². The predicted molar refractivity (Wildman–Crippen MR) is 160 cm³/mol. The molecule has 42 heavy (non-hydrogen) atoms. The number of aryl methyl sites for hydroxylation is 1. The first-order valence-electron chi connectivity index (χ1n) is 13.4. The summed E-state index contributed by atoms with van der Waals surface area (Å²) in [7, 11) is 1.54. The number of methoxy groups -OCH3 is 1. The van der Waals surface area contributed by atoms with Crippen molar-refractivity contribution < 1.29 is 19.1 Å². The van der Waals surface area contributed by atoms with E-state index in [1.807, 2.05) is 32.3 Å². The lowest BCUT2D eigenvalue weighted by Crippen LogP contribution is -2.51. The minimum atomic E-state index is -1.62. The smallest absolute Gasteiger partial charge is 0.280 e. The van der Waals surface area contributed by atoms with Crippen molar-refractivity contribution in [3.05, 3.63) is 75.4 Å². The van der Waals surface area contributed by atoms with E-state index in [1.54, 1.807) is 50.6 Å². The number of fused-ring (bicyclic) bond motifs is 4. The summed E-state index contributed by atoms with van der Waals surface area (Å²) in [6.45, 7) is 9.50. The molecule has 1 atom stereocenters. The van der Waals surface area contributed by atoms with Crippen molar-refractivity contribution in [3.8, 4) is 23.0 Å². The zero-order valence-corrected chi connectivity index (χ0v) is 25.3. The van der Waals surface area contributed by atoms with E-state index >= 15 is 0 Å². The van der Waals surface area contributed by atoms with Crippen LogP contribution in [-0.2, 0) is 10.3 Å². The van der Waals surface area contributed by atoms with E-state index in [9.17, 15) is 9.59 Å². The molecule has 2 aliphatic heterocycles. The van der Waals surface area contributed by atoms with E-state index in [4.69, 9.17) is 37.7 Å². The molecule has 3 aromatic heterocycles. The second kappa shape index (κ2) is 9.99. The van der Waals surface area contributed by atoms with Crippen LogP contribution in [0.1, 0.15) is 61.2 Å². The Morgan fingerprint density at radius 3 is 2.45 bits per heavy atom. The Labute approximate surface area is 252 Å². The molecule has 0 unspecified atom stereocenters. The summed E-state index contributed by atoms with van der Waals surface area (Å²) < 4.78 is 13.4. The first kappa shape index (κ1) is 28.0. The number of hydrogen-bond donors (Lipinski definition) is 1. The van der Waals surface area contributed by atoms with Crippen LogP contribution >= 0.6 is 23.2 Å². The van der Waals surface area contributed by atoms with E-state index < -0.39 is 17.4 Å². The van der Waals surface area contributed by atoms with Crippen molar-refractivity contribution in [3.63, 3.8) is 0 Å². The first-order valence-corrected chi connectivity index (χ1v) is 14.2. The van der Waals surface area contributed by atoms with Crippen LogP contribution in [0.4, 0.5) is 11.4 Å². The molecule has 0 saturated heterocycles. The topological polar surface area (TPSA) is 111 Å². The summed E-state index contributed by atoms with van der Waals surface area (Å²) in [6, 6.07) is 8.21. The minimum Gasteiger partial charge on any atom is -0.496 e. The molecular formula is C30H28Cl2N6O4. The maximum atomic E-state index is 14.5. The van der Waals surface area contributed by atoms with Gasteiger partial charge in [0.2, 0.25) is 5.88 Å². The molecule has 1 N–H and O–H groups in total. The molecule has 10 nitrogen and oxygen atoms in total. The van der Waals surface area contributed by atoms with E-state index in [2.05, 4.69) is 15.3 Å². The van der Waals surface area contributed by atoms with Gasteiger partial charge in [-0.25, -0.2) is 9.97 Å². The Balaban J connectivity index is 1.68. The molecule has 2 aliphatic rings. The average molecular weight is 607 g/mol. The van der Waals surface area contributed by atoms with Gasteiger partial charge in [0, 0.05) is 40.8 Å². The third-order valence-electron chi connectivity index (χ3n) is 7.39. The third kappa shape index (κ3) is 3.96. The number of carbonyl (C=O) groups excluding carboxylic acids is 2. The van der Waals surface area contributed by atoms with Gasteiger partial charge in [-0.15, -0.1) is 0 Å². The molecule has 0 fully saturated rings. The number of imidazole rings is 1. The Hall–Kier alpha value is -4.15.